The van der Waals surface area contributed by atoms with Gasteiger partial charge in [0.05, 0.1) is 29.0 Å². The Bertz CT molecular complexity index is 2130. The van der Waals surface area contributed by atoms with Gasteiger partial charge in [0.15, 0.2) is 5.60 Å². The van der Waals surface area contributed by atoms with Crippen molar-refractivity contribution < 1.29 is 24.2 Å². The van der Waals surface area contributed by atoms with Crippen molar-refractivity contribution in [2.24, 2.45) is 34.5 Å². The first-order chi connectivity index (χ1) is 25.9. The average Bonchev–Trinajstić information content (AvgIpc) is 3.72. The number of pyridine rings is 2. The molecule has 286 valence electrons. The number of rotatable bonds is 8. The lowest BCUT2D eigenvalue weighted by molar-refractivity contribution is -0.172. The number of benzene rings is 1. The third-order valence-electron chi connectivity index (χ3n) is 15.6. The Hall–Kier alpha value is -3.78. The van der Waals surface area contributed by atoms with Crippen molar-refractivity contribution in [2.45, 2.75) is 142 Å². The fourth-order valence-electron chi connectivity index (χ4n) is 12.8. The van der Waals surface area contributed by atoms with Gasteiger partial charge < -0.3 is 19.1 Å². The van der Waals surface area contributed by atoms with Crippen molar-refractivity contribution in [3.8, 4) is 11.4 Å². The number of aliphatic hydroxyl groups is 1. The molecule has 4 heterocycles. The molecule has 6 aliphatic rings. The number of aromatic nitrogens is 2. The largest absolute Gasteiger partial charge is 0.462 e. The van der Waals surface area contributed by atoms with Crippen LogP contribution in [0.3, 0.4) is 0 Å². The number of hydrogen-bond donors (Lipinski definition) is 1. The summed E-state index contributed by atoms with van der Waals surface area (Å²) in [7, 11) is 0. The molecule has 4 aliphatic carbocycles. The molecule has 0 bridgehead atoms. The molecule has 1 N–H and O–H groups in total. The zero-order chi connectivity index (χ0) is 37.6. The molecule has 54 heavy (non-hydrogen) atoms. The maximum Gasteiger partial charge on any atom is 0.343 e. The molecular weight excluding hydrogens is 677 g/mol. The smallest absolute Gasteiger partial charge is 0.343 e. The van der Waals surface area contributed by atoms with Crippen molar-refractivity contribution in [1.29, 1.82) is 0 Å². The Kier molecular flexibility index (Phi) is 8.75. The van der Waals surface area contributed by atoms with E-state index in [1.807, 2.05) is 6.07 Å². The molecule has 0 radical (unpaired) electrons. The Morgan fingerprint density at radius 1 is 1.07 bits per heavy atom. The van der Waals surface area contributed by atoms with Gasteiger partial charge in [0, 0.05) is 29.9 Å². The molecule has 0 spiro atoms. The third-order valence-corrected chi connectivity index (χ3v) is 15.6. The summed E-state index contributed by atoms with van der Waals surface area (Å²) in [6, 6.07) is 10.0. The van der Waals surface area contributed by atoms with E-state index in [-0.39, 0.29) is 30.7 Å². The van der Waals surface area contributed by atoms with Gasteiger partial charge in [-0.1, -0.05) is 44.9 Å². The highest BCUT2D eigenvalue weighted by atomic mass is 16.6. The molecule has 2 aliphatic heterocycles. The summed E-state index contributed by atoms with van der Waals surface area (Å²) in [5, 5.41) is 12.2. The first kappa shape index (κ1) is 35.9. The zero-order valence-electron chi connectivity index (χ0n) is 32.5. The Morgan fingerprint density at radius 3 is 2.74 bits per heavy atom. The van der Waals surface area contributed by atoms with Crippen LogP contribution in [0.1, 0.15) is 133 Å². The standard InChI is InChI=1S/C46H56N2O6/c1-5-46(52)38-24-40-41-30(25-48(40)42(50)35(38)26-53-43(46)51)23-29-21-28(14-17-39(29)47-41)22-33(54-27(2)49)12-7-11-31-9-6-10-32-15-16-34-36-13-8-19-44(36,3)20-18-37(34)45(31,32)4/h9,14,17,21,23-24,32-34,36-37,52H,5-8,10-13,15-16,18-20,22,25-26H2,1-4H3/t32?,33?,34-,36-,37-,44-,45-,46?/m0/s1. The number of hydrogen-bond acceptors (Lipinski definition) is 7. The van der Waals surface area contributed by atoms with Gasteiger partial charge >= 0.3 is 11.9 Å². The Balaban J connectivity index is 0.922. The fourth-order valence-corrected chi connectivity index (χ4v) is 12.8. The number of cyclic esters (lactones) is 1. The van der Waals surface area contributed by atoms with Crippen molar-refractivity contribution in [2.75, 3.05) is 0 Å². The summed E-state index contributed by atoms with van der Waals surface area (Å²) in [5.41, 5.74) is 5.19. The molecule has 3 unspecified atom stereocenters. The Morgan fingerprint density at radius 2 is 1.93 bits per heavy atom. The maximum absolute atomic E-state index is 13.6. The first-order valence-electron chi connectivity index (χ1n) is 20.9. The molecule has 3 aromatic rings. The van der Waals surface area contributed by atoms with Crippen LogP contribution in [0, 0.1) is 34.5 Å². The molecule has 1 aromatic carbocycles. The quantitative estimate of drug-likeness (QED) is 0.143. The van der Waals surface area contributed by atoms with Crippen LogP contribution in [0.4, 0.5) is 0 Å². The van der Waals surface area contributed by atoms with E-state index in [0.29, 0.717) is 46.3 Å². The predicted octanol–water partition coefficient (Wildman–Crippen LogP) is 8.69. The number of carbonyl (C=O) groups excluding carboxylic acids is 2. The number of ether oxygens (including phenoxy) is 2. The molecule has 9 rings (SSSR count). The summed E-state index contributed by atoms with van der Waals surface area (Å²) in [6.07, 6.45) is 18.5. The van der Waals surface area contributed by atoms with Gasteiger partial charge in [-0.3, -0.25) is 9.59 Å². The fraction of sp³-hybridized carbons (Fsp3) is 0.609. The second-order valence-electron chi connectivity index (χ2n) is 18.3. The van der Waals surface area contributed by atoms with Gasteiger partial charge in [0.25, 0.3) is 5.56 Å². The molecule has 3 fully saturated rings. The summed E-state index contributed by atoms with van der Waals surface area (Å²) < 4.78 is 12.9. The molecule has 3 saturated carbocycles. The Labute approximate surface area is 318 Å². The van der Waals surface area contributed by atoms with Gasteiger partial charge in [-0.2, -0.15) is 0 Å². The second-order valence-corrected chi connectivity index (χ2v) is 18.3. The van der Waals surface area contributed by atoms with Gasteiger partial charge in [-0.05, 0) is 141 Å². The zero-order valence-corrected chi connectivity index (χ0v) is 32.5. The molecule has 0 amide bonds. The van der Waals surface area contributed by atoms with Crippen molar-refractivity contribution in [3.05, 3.63) is 74.6 Å². The minimum atomic E-state index is -1.85. The molecule has 0 saturated heterocycles. The minimum absolute atomic E-state index is 0.107. The summed E-state index contributed by atoms with van der Waals surface area (Å²) in [6.45, 7) is 8.67. The van der Waals surface area contributed by atoms with E-state index in [0.717, 1.165) is 65.0 Å². The van der Waals surface area contributed by atoms with Crippen molar-refractivity contribution in [1.82, 2.24) is 9.55 Å². The van der Waals surface area contributed by atoms with E-state index >= 15 is 0 Å². The van der Waals surface area contributed by atoms with Crippen LogP contribution < -0.4 is 5.56 Å². The van der Waals surface area contributed by atoms with Crippen molar-refractivity contribution >= 4 is 22.8 Å². The second kappa shape index (κ2) is 13.2. The molecule has 2 aromatic heterocycles. The number of fused-ring (bicyclic) bond motifs is 10. The van der Waals surface area contributed by atoms with Gasteiger partial charge in [0.2, 0.25) is 0 Å². The van der Waals surface area contributed by atoms with Crippen LogP contribution in [0.2, 0.25) is 0 Å². The van der Waals surface area contributed by atoms with Crippen LogP contribution in [0.15, 0.2) is 46.8 Å². The SMILES string of the molecule is CCC1(O)C(=O)OCc2c1cc1n(c2=O)Cc2cc3cc(CC(CCCC4=CCCC5CC[C@H]6[C@@H]7CCC[C@@]7(C)CC[C@@H]6[C@@]45C)OC(C)=O)ccc3nc2-1. The van der Waals surface area contributed by atoms with E-state index in [1.54, 1.807) is 23.1 Å². The topological polar surface area (TPSA) is 108 Å². The van der Waals surface area contributed by atoms with Crippen molar-refractivity contribution in [3.63, 3.8) is 0 Å². The molecule has 8 atom stereocenters. The predicted molar refractivity (Wildman–Crippen MR) is 207 cm³/mol. The van der Waals surface area contributed by atoms with Gasteiger partial charge in [-0.25, -0.2) is 9.78 Å². The highest BCUT2D eigenvalue weighted by molar-refractivity contribution is 5.86. The molecule has 8 nitrogen and oxygen atoms in total. The number of carbonyl (C=O) groups is 2. The normalized spacial score (nSPS) is 32.7. The average molecular weight is 733 g/mol. The summed E-state index contributed by atoms with van der Waals surface area (Å²) >= 11 is 0. The van der Waals surface area contributed by atoms with Crippen LogP contribution >= 0.6 is 0 Å². The molecule has 8 heteroatoms. The van der Waals surface area contributed by atoms with Gasteiger partial charge in [-0.15, -0.1) is 0 Å². The lowest BCUT2D eigenvalue weighted by Gasteiger charge is -2.60. The lowest BCUT2D eigenvalue weighted by Crippen LogP contribution is -2.52. The minimum Gasteiger partial charge on any atom is -0.462 e. The van der Waals surface area contributed by atoms with Gasteiger partial charge in [0.1, 0.15) is 12.7 Å². The van der Waals surface area contributed by atoms with E-state index in [1.165, 1.54) is 64.7 Å². The van der Waals surface area contributed by atoms with E-state index in [9.17, 15) is 19.5 Å². The van der Waals surface area contributed by atoms with E-state index < -0.39 is 11.6 Å². The highest BCUT2D eigenvalue weighted by Gasteiger charge is 2.58. The molecular formula is C46H56N2O6. The van der Waals surface area contributed by atoms with E-state index in [4.69, 9.17) is 14.5 Å². The maximum atomic E-state index is 13.6. The third kappa shape index (κ3) is 5.55. The summed E-state index contributed by atoms with van der Waals surface area (Å²) in [4.78, 5) is 43.5. The van der Waals surface area contributed by atoms with Crippen LogP contribution in [0.5, 0.6) is 0 Å². The highest BCUT2D eigenvalue weighted by Crippen LogP contribution is 2.67. The van der Waals surface area contributed by atoms with E-state index in [2.05, 4.69) is 38.1 Å². The monoisotopic (exact) mass is 732 g/mol. The van der Waals surface area contributed by atoms with Crippen LogP contribution in [-0.4, -0.2) is 32.7 Å². The number of allylic oxidation sites excluding steroid dienone is 2. The lowest BCUT2D eigenvalue weighted by atomic mass is 9.44. The van der Waals surface area contributed by atoms with Crippen LogP contribution in [-0.2, 0) is 44.2 Å². The number of nitrogens with zero attached hydrogens (tertiary/aromatic N) is 2. The summed E-state index contributed by atoms with van der Waals surface area (Å²) in [5.74, 6) is 2.44. The first-order valence-corrected chi connectivity index (χ1v) is 20.9. The van der Waals surface area contributed by atoms with Crippen LogP contribution in [0.25, 0.3) is 22.3 Å². The number of esters is 2.